The fourth-order valence-electron chi connectivity index (χ4n) is 3.74. The van der Waals surface area contributed by atoms with Gasteiger partial charge in [-0.2, -0.15) is 26.3 Å². The summed E-state index contributed by atoms with van der Waals surface area (Å²) in [6.45, 7) is 0.933. The number of alkyl halides is 6. The minimum absolute atomic E-state index is 0.0839. The molecule has 0 bridgehead atoms. The number of hydrogen-bond donors (Lipinski definition) is 1. The summed E-state index contributed by atoms with van der Waals surface area (Å²) >= 11 is 0. The second-order valence-electron chi connectivity index (χ2n) is 7.78. The number of halogens is 6. The van der Waals surface area contributed by atoms with Gasteiger partial charge in [-0.3, -0.25) is 9.00 Å². The molecule has 1 aromatic carbocycles. The first-order chi connectivity index (χ1) is 15.3. The van der Waals surface area contributed by atoms with Gasteiger partial charge in [0.25, 0.3) is 5.91 Å². The average Bonchev–Trinajstić information content (AvgIpc) is 2.72. The van der Waals surface area contributed by atoms with Crippen LogP contribution in [-0.2, 0) is 17.0 Å². The second-order valence-corrected chi connectivity index (χ2v) is 9.10. The van der Waals surface area contributed by atoms with Crippen LogP contribution in [0, 0.1) is 12.8 Å². The molecule has 1 N–H and O–H groups in total. The van der Waals surface area contributed by atoms with E-state index in [1.165, 1.54) is 36.4 Å². The predicted octanol–water partition coefficient (Wildman–Crippen LogP) is 5.18. The molecule has 1 saturated heterocycles. The molecule has 1 unspecified atom stereocenters. The van der Waals surface area contributed by atoms with Crippen molar-refractivity contribution in [3.63, 3.8) is 0 Å². The molecule has 0 spiro atoms. The molecule has 1 atom stereocenters. The molecular weight excluding hydrogens is 472 g/mol. The molecule has 180 valence electrons. The van der Waals surface area contributed by atoms with Gasteiger partial charge in [0.1, 0.15) is 5.03 Å². The van der Waals surface area contributed by atoms with Crippen molar-refractivity contribution in [2.45, 2.75) is 37.1 Å². The van der Waals surface area contributed by atoms with E-state index >= 15 is 0 Å². The molecule has 1 aliphatic rings. The van der Waals surface area contributed by atoms with E-state index in [0.717, 1.165) is 12.1 Å². The fourth-order valence-corrected chi connectivity index (χ4v) is 4.24. The van der Waals surface area contributed by atoms with Crippen molar-refractivity contribution in [2.24, 2.45) is 5.92 Å². The van der Waals surface area contributed by atoms with Crippen LogP contribution in [0.2, 0.25) is 0 Å². The predicted molar refractivity (Wildman–Crippen MR) is 112 cm³/mol. The van der Waals surface area contributed by atoms with Crippen LogP contribution in [0.4, 0.5) is 37.7 Å². The normalized spacial score (nSPS) is 16.5. The van der Waals surface area contributed by atoms with Gasteiger partial charge in [-0.25, -0.2) is 4.98 Å². The number of aryl methyl sites for hydroxylation is 1. The number of nitrogens with zero attached hydrogens (tertiary/aromatic N) is 2. The number of aromatic nitrogens is 1. The van der Waals surface area contributed by atoms with Crippen LogP contribution in [0.25, 0.3) is 0 Å². The molecular formula is C21H21F6N3O2S. The van der Waals surface area contributed by atoms with Crippen LogP contribution in [0.1, 0.15) is 34.3 Å². The van der Waals surface area contributed by atoms with Gasteiger partial charge in [-0.15, -0.1) is 0 Å². The average molecular weight is 493 g/mol. The van der Waals surface area contributed by atoms with Crippen LogP contribution in [0.5, 0.6) is 0 Å². The van der Waals surface area contributed by atoms with E-state index in [2.05, 4.69) is 10.3 Å². The summed E-state index contributed by atoms with van der Waals surface area (Å²) in [6, 6.07) is 4.71. The van der Waals surface area contributed by atoms with E-state index in [4.69, 9.17) is 0 Å². The van der Waals surface area contributed by atoms with Crippen LogP contribution < -0.4 is 10.2 Å². The Hall–Kier alpha value is -2.63. The first kappa shape index (κ1) is 25.0. The highest BCUT2D eigenvalue weighted by Crippen LogP contribution is 2.39. The highest BCUT2D eigenvalue weighted by atomic mass is 32.2. The van der Waals surface area contributed by atoms with Crippen molar-refractivity contribution in [3.05, 3.63) is 47.2 Å². The first-order valence-electron chi connectivity index (χ1n) is 9.91. The summed E-state index contributed by atoms with van der Waals surface area (Å²) in [4.78, 5) is 18.3. The van der Waals surface area contributed by atoms with Crippen molar-refractivity contribution in [1.82, 2.24) is 4.98 Å². The van der Waals surface area contributed by atoms with E-state index in [-0.39, 0.29) is 53.5 Å². The lowest BCUT2D eigenvalue weighted by Crippen LogP contribution is -2.40. The Kier molecular flexibility index (Phi) is 7.06. The number of amides is 1. The number of nitrogens with one attached hydrogen (secondary N) is 1. The topological polar surface area (TPSA) is 62.3 Å². The fraction of sp³-hybridized carbons (Fsp3) is 0.429. The smallest absolute Gasteiger partial charge is 0.371 e. The summed E-state index contributed by atoms with van der Waals surface area (Å²) < 4.78 is 91.2. The van der Waals surface area contributed by atoms with Crippen molar-refractivity contribution < 1.29 is 35.3 Å². The molecule has 1 amide bonds. The van der Waals surface area contributed by atoms with Crippen LogP contribution >= 0.6 is 0 Å². The van der Waals surface area contributed by atoms with Gasteiger partial charge >= 0.3 is 12.4 Å². The standard InChI is InChI=1S/C21H21F6N3O2S/c1-12-9-15(19(31)29-14-3-6-28-18(10-14)33(2)32)17(11-16(12)21(25,26)27)30-7-4-13(5-8-30)20(22,23)24/h3,6,9-11,13H,4-5,7-8H2,1-2H3,(H,28,29,31). The summed E-state index contributed by atoms with van der Waals surface area (Å²) in [7, 11) is -1.42. The highest BCUT2D eigenvalue weighted by molar-refractivity contribution is 7.84. The van der Waals surface area contributed by atoms with Crippen molar-refractivity contribution >= 4 is 28.1 Å². The zero-order valence-electron chi connectivity index (χ0n) is 17.7. The third-order valence-corrected chi connectivity index (χ3v) is 6.29. The minimum Gasteiger partial charge on any atom is -0.371 e. The SMILES string of the molecule is Cc1cc(C(=O)Nc2ccnc(S(C)=O)c2)c(N2CCC(C(F)(F)F)CC2)cc1C(F)(F)F. The maximum absolute atomic E-state index is 13.5. The zero-order valence-corrected chi connectivity index (χ0v) is 18.5. The molecule has 12 heteroatoms. The number of hydrogen-bond acceptors (Lipinski definition) is 4. The van der Waals surface area contributed by atoms with Gasteiger partial charge < -0.3 is 10.2 Å². The van der Waals surface area contributed by atoms with E-state index in [1.54, 1.807) is 0 Å². The molecule has 0 saturated carbocycles. The molecule has 1 aromatic heterocycles. The molecule has 3 rings (SSSR count). The molecule has 1 fully saturated rings. The van der Waals surface area contributed by atoms with Gasteiger partial charge in [0.15, 0.2) is 0 Å². The quantitative estimate of drug-likeness (QED) is 0.597. The van der Waals surface area contributed by atoms with E-state index < -0.39 is 40.5 Å². The van der Waals surface area contributed by atoms with Crippen LogP contribution in [0.15, 0.2) is 35.5 Å². The van der Waals surface area contributed by atoms with E-state index in [0.29, 0.717) is 0 Å². The minimum atomic E-state index is -4.69. The lowest BCUT2D eigenvalue weighted by molar-refractivity contribution is -0.179. The second kappa shape index (κ2) is 9.32. The maximum atomic E-state index is 13.5. The van der Waals surface area contributed by atoms with Crippen LogP contribution in [0.3, 0.4) is 0 Å². The number of rotatable bonds is 4. The van der Waals surface area contributed by atoms with Crippen molar-refractivity contribution in [3.8, 4) is 0 Å². The largest absolute Gasteiger partial charge is 0.416 e. The summed E-state index contributed by atoms with van der Waals surface area (Å²) in [5, 5.41) is 2.75. The first-order valence-corrected chi connectivity index (χ1v) is 11.5. The number of anilines is 2. The lowest BCUT2D eigenvalue weighted by Gasteiger charge is -2.35. The molecule has 33 heavy (non-hydrogen) atoms. The summed E-state index contributed by atoms with van der Waals surface area (Å²) in [5.41, 5.74) is -1.09. The number of pyridine rings is 1. The van der Waals surface area contributed by atoms with Crippen LogP contribution in [-0.4, -0.2) is 40.6 Å². The van der Waals surface area contributed by atoms with E-state index in [1.807, 2.05) is 0 Å². The number of carbonyl (C=O) groups excluding carboxylic acids is 1. The Morgan fingerprint density at radius 1 is 1.12 bits per heavy atom. The Labute approximate surface area is 188 Å². The number of piperidine rings is 1. The highest BCUT2D eigenvalue weighted by Gasteiger charge is 2.42. The Morgan fingerprint density at radius 3 is 2.30 bits per heavy atom. The summed E-state index contributed by atoms with van der Waals surface area (Å²) in [5.74, 6) is -2.28. The van der Waals surface area contributed by atoms with Gasteiger partial charge in [0.05, 0.1) is 33.5 Å². The number of benzene rings is 1. The molecule has 2 aromatic rings. The Bertz CT molecular complexity index is 1060. The molecule has 1 aliphatic heterocycles. The molecule has 0 radical (unpaired) electrons. The van der Waals surface area contributed by atoms with Crippen molar-refractivity contribution in [1.29, 1.82) is 0 Å². The van der Waals surface area contributed by atoms with Gasteiger partial charge in [0, 0.05) is 31.2 Å². The molecule has 5 nitrogen and oxygen atoms in total. The van der Waals surface area contributed by atoms with E-state index in [9.17, 15) is 35.3 Å². The number of carbonyl (C=O) groups is 1. The van der Waals surface area contributed by atoms with Gasteiger partial charge in [-0.05, 0) is 49.6 Å². The Morgan fingerprint density at radius 2 is 1.76 bits per heavy atom. The third kappa shape index (κ3) is 5.84. The lowest BCUT2D eigenvalue weighted by atomic mass is 9.94. The molecule has 2 heterocycles. The van der Waals surface area contributed by atoms with Gasteiger partial charge in [0.2, 0.25) is 0 Å². The Balaban J connectivity index is 1.97. The van der Waals surface area contributed by atoms with Crippen molar-refractivity contribution in [2.75, 3.05) is 29.6 Å². The summed E-state index contributed by atoms with van der Waals surface area (Å²) in [6.07, 6.45) is -6.91. The molecule has 0 aliphatic carbocycles. The van der Waals surface area contributed by atoms with Gasteiger partial charge in [-0.1, -0.05) is 0 Å². The third-order valence-electron chi connectivity index (χ3n) is 5.48. The maximum Gasteiger partial charge on any atom is 0.416 e. The monoisotopic (exact) mass is 493 g/mol. The zero-order chi connectivity index (χ0) is 24.6.